The van der Waals surface area contributed by atoms with Gasteiger partial charge in [0, 0.05) is 17.7 Å². The molecular formula is C28H36N2O3. The van der Waals surface area contributed by atoms with E-state index >= 15 is 0 Å². The minimum absolute atomic E-state index is 0.0567. The molecule has 5 nitrogen and oxygen atoms in total. The van der Waals surface area contributed by atoms with Crippen molar-refractivity contribution >= 4 is 11.4 Å². The van der Waals surface area contributed by atoms with Gasteiger partial charge in [0.1, 0.15) is 0 Å². The highest BCUT2D eigenvalue weighted by Crippen LogP contribution is 2.50. The third kappa shape index (κ3) is 3.80. The number of ether oxygens (including phenoxy) is 2. The van der Waals surface area contributed by atoms with E-state index in [0.717, 1.165) is 37.1 Å². The van der Waals surface area contributed by atoms with Gasteiger partial charge in [-0.05, 0) is 92.8 Å². The maximum absolute atomic E-state index is 10.5. The van der Waals surface area contributed by atoms with Gasteiger partial charge in [-0.2, -0.15) is 0 Å². The molecule has 1 unspecified atom stereocenters. The summed E-state index contributed by atoms with van der Waals surface area (Å²) >= 11 is 0. The number of para-hydroxylation sites is 1. The molecule has 0 spiro atoms. The van der Waals surface area contributed by atoms with Gasteiger partial charge in [0.25, 0.3) is 0 Å². The van der Waals surface area contributed by atoms with Crippen LogP contribution < -0.4 is 9.47 Å². The Bertz CT molecular complexity index is 1040. The Hall–Kier alpha value is -2.53. The van der Waals surface area contributed by atoms with E-state index in [2.05, 4.69) is 36.1 Å². The topological polar surface area (TPSA) is 54.3 Å². The van der Waals surface area contributed by atoms with Gasteiger partial charge in [-0.25, -0.2) is 0 Å². The predicted octanol–water partition coefficient (Wildman–Crippen LogP) is 5.65. The summed E-state index contributed by atoms with van der Waals surface area (Å²) in [5, 5.41) is 10.5. The van der Waals surface area contributed by atoms with Crippen molar-refractivity contribution in [3.8, 4) is 17.2 Å². The Labute approximate surface area is 197 Å². The van der Waals surface area contributed by atoms with Crippen LogP contribution in [0.1, 0.15) is 56.6 Å². The summed E-state index contributed by atoms with van der Waals surface area (Å²) in [6, 6.07) is 12.6. The van der Waals surface area contributed by atoms with Crippen molar-refractivity contribution in [3.05, 3.63) is 47.5 Å². The minimum atomic E-state index is -0.143. The van der Waals surface area contributed by atoms with Crippen LogP contribution >= 0.6 is 0 Å². The van der Waals surface area contributed by atoms with Crippen molar-refractivity contribution in [2.24, 2.45) is 10.4 Å². The monoisotopic (exact) mass is 448 g/mol. The Balaban J connectivity index is 1.60. The van der Waals surface area contributed by atoms with Crippen LogP contribution in [-0.4, -0.2) is 49.6 Å². The number of nitrogens with zero attached hydrogens (tertiary/aromatic N) is 2. The molecule has 3 atom stereocenters. The van der Waals surface area contributed by atoms with E-state index in [0.29, 0.717) is 16.9 Å². The van der Waals surface area contributed by atoms with Crippen molar-refractivity contribution in [3.63, 3.8) is 0 Å². The lowest BCUT2D eigenvalue weighted by molar-refractivity contribution is 0.0777. The Morgan fingerprint density at radius 1 is 1.03 bits per heavy atom. The van der Waals surface area contributed by atoms with Crippen molar-refractivity contribution < 1.29 is 14.6 Å². The number of rotatable bonds is 5. The van der Waals surface area contributed by atoms with Gasteiger partial charge in [-0.3, -0.25) is 4.99 Å². The van der Waals surface area contributed by atoms with E-state index in [9.17, 15) is 5.11 Å². The number of methoxy groups -OCH3 is 2. The number of aliphatic imine (C=N–C) groups is 1. The standard InChI is InChI=1S/C28H36N2O3/c1-4-27-11-7-14-30(19-27)15-13-28(18-20-16-23(32-2)26(31)24(17-20)33-3)21-8-5-6-9-22(21)29-25(28)10-12-27/h5-6,8-9,16-17,31H,4,7,10-15,18-19H2,1-3H3/t27-,28-/m1/s1. The largest absolute Gasteiger partial charge is 0.502 e. The lowest BCUT2D eigenvalue weighted by Gasteiger charge is -2.42. The smallest absolute Gasteiger partial charge is 0.200 e. The van der Waals surface area contributed by atoms with E-state index in [1.807, 2.05) is 12.1 Å². The fourth-order valence-corrected chi connectivity index (χ4v) is 6.54. The Morgan fingerprint density at radius 2 is 1.79 bits per heavy atom. The molecule has 33 heavy (non-hydrogen) atoms. The molecule has 3 heterocycles. The Kier molecular flexibility index (Phi) is 5.86. The maximum Gasteiger partial charge on any atom is 0.200 e. The van der Waals surface area contributed by atoms with Crippen LogP contribution in [0.4, 0.5) is 5.69 Å². The van der Waals surface area contributed by atoms with Crippen molar-refractivity contribution in [1.29, 1.82) is 0 Å². The number of aromatic hydroxyl groups is 1. The van der Waals surface area contributed by atoms with Crippen molar-refractivity contribution in [2.45, 2.75) is 57.3 Å². The van der Waals surface area contributed by atoms with Gasteiger partial charge in [-0.1, -0.05) is 25.1 Å². The highest BCUT2D eigenvalue weighted by atomic mass is 16.5. The summed E-state index contributed by atoms with van der Waals surface area (Å²) in [4.78, 5) is 7.96. The lowest BCUT2D eigenvalue weighted by Crippen LogP contribution is -2.44. The molecule has 0 radical (unpaired) electrons. The molecule has 3 aliphatic heterocycles. The highest BCUT2D eigenvalue weighted by Gasteiger charge is 2.46. The molecule has 1 N–H and O–H groups in total. The molecule has 5 rings (SSSR count). The molecule has 176 valence electrons. The fraction of sp³-hybridized carbons (Fsp3) is 0.536. The van der Waals surface area contributed by atoms with Gasteiger partial charge in [0.05, 0.1) is 19.9 Å². The first kappa shape index (κ1) is 22.3. The molecule has 5 heteroatoms. The number of hydrogen-bond donors (Lipinski definition) is 1. The van der Waals surface area contributed by atoms with Gasteiger partial charge in [0.15, 0.2) is 11.5 Å². The normalized spacial score (nSPS) is 28.6. The summed E-state index contributed by atoms with van der Waals surface area (Å²) in [6.07, 6.45) is 8.00. The molecule has 2 fully saturated rings. The first-order valence-corrected chi connectivity index (χ1v) is 12.4. The van der Waals surface area contributed by atoms with Gasteiger partial charge >= 0.3 is 0 Å². The maximum atomic E-state index is 10.5. The molecular weight excluding hydrogens is 412 g/mol. The molecule has 0 saturated carbocycles. The molecule has 0 aromatic heterocycles. The van der Waals surface area contributed by atoms with E-state index in [1.54, 1.807) is 14.2 Å². The zero-order chi connectivity index (χ0) is 23.1. The van der Waals surface area contributed by atoms with Crippen molar-refractivity contribution in [2.75, 3.05) is 33.9 Å². The molecule has 2 bridgehead atoms. The van der Waals surface area contributed by atoms with Crippen LogP contribution in [0.25, 0.3) is 0 Å². The molecule has 3 aliphatic rings. The average molecular weight is 449 g/mol. The van der Waals surface area contributed by atoms with E-state index in [1.165, 1.54) is 50.0 Å². The average Bonchev–Trinajstić information content (AvgIpc) is 3.16. The van der Waals surface area contributed by atoms with Crippen molar-refractivity contribution in [1.82, 2.24) is 4.90 Å². The quantitative estimate of drug-likeness (QED) is 0.642. The van der Waals surface area contributed by atoms with Crippen LogP contribution in [0.2, 0.25) is 0 Å². The number of benzene rings is 2. The Morgan fingerprint density at radius 3 is 2.52 bits per heavy atom. The second kappa shape index (κ2) is 8.68. The summed E-state index contributed by atoms with van der Waals surface area (Å²) in [5.41, 5.74) is 5.17. The first-order valence-electron chi connectivity index (χ1n) is 12.4. The number of hydrogen-bond acceptors (Lipinski definition) is 5. The SMILES string of the molecule is CC[C@@]12CCCN(CC[C@]3(Cc4cc(OC)c(O)c(OC)c4)C(=Nc4ccccc43)CC1)C2. The lowest BCUT2D eigenvalue weighted by atomic mass is 9.68. The van der Waals surface area contributed by atoms with Crippen LogP contribution in [0.5, 0.6) is 17.2 Å². The van der Waals surface area contributed by atoms with Crippen LogP contribution in [0.3, 0.4) is 0 Å². The van der Waals surface area contributed by atoms with Gasteiger partial charge in [0.2, 0.25) is 5.75 Å². The van der Waals surface area contributed by atoms with Gasteiger partial charge in [-0.15, -0.1) is 0 Å². The van der Waals surface area contributed by atoms with E-state index in [-0.39, 0.29) is 11.2 Å². The number of phenolic OH excluding ortho intramolecular Hbond substituents is 1. The first-order chi connectivity index (χ1) is 16.0. The summed E-state index contributed by atoms with van der Waals surface area (Å²) in [6.45, 7) is 5.87. The zero-order valence-electron chi connectivity index (χ0n) is 20.2. The van der Waals surface area contributed by atoms with Gasteiger partial charge < -0.3 is 19.5 Å². The number of piperidine rings is 1. The molecule has 2 aromatic carbocycles. The van der Waals surface area contributed by atoms with Crippen LogP contribution in [0, 0.1) is 5.41 Å². The van der Waals surface area contributed by atoms with Crippen LogP contribution in [-0.2, 0) is 11.8 Å². The fourth-order valence-electron chi connectivity index (χ4n) is 6.54. The zero-order valence-corrected chi connectivity index (χ0v) is 20.2. The summed E-state index contributed by atoms with van der Waals surface area (Å²) in [7, 11) is 3.18. The molecule has 0 aliphatic carbocycles. The molecule has 0 amide bonds. The summed E-state index contributed by atoms with van der Waals surface area (Å²) in [5.74, 6) is 0.970. The highest BCUT2D eigenvalue weighted by molar-refractivity contribution is 6.02. The van der Waals surface area contributed by atoms with Crippen LogP contribution in [0.15, 0.2) is 41.4 Å². The molecule has 2 aromatic rings. The third-order valence-corrected chi connectivity index (χ3v) is 8.51. The minimum Gasteiger partial charge on any atom is -0.502 e. The van der Waals surface area contributed by atoms with E-state index in [4.69, 9.17) is 14.5 Å². The van der Waals surface area contributed by atoms with E-state index < -0.39 is 0 Å². The predicted molar refractivity (Wildman–Crippen MR) is 132 cm³/mol. The number of phenols is 1. The second-order valence-electron chi connectivity index (χ2n) is 10.2. The third-order valence-electron chi connectivity index (χ3n) is 8.51. The second-order valence-corrected chi connectivity index (χ2v) is 10.2. The molecule has 2 saturated heterocycles. The summed E-state index contributed by atoms with van der Waals surface area (Å²) < 4.78 is 11.0. The number of fused-ring (bicyclic) bond motifs is 5.